The van der Waals surface area contributed by atoms with Crippen LogP contribution in [0.4, 0.5) is 0 Å². The van der Waals surface area contributed by atoms with E-state index in [2.05, 4.69) is 52.4 Å². The Morgan fingerprint density at radius 1 is 1.07 bits per heavy atom. The fourth-order valence-corrected chi connectivity index (χ4v) is 3.55. The molecule has 29 heavy (non-hydrogen) atoms. The summed E-state index contributed by atoms with van der Waals surface area (Å²) in [6.07, 6.45) is 1.68. The second kappa shape index (κ2) is 10.5. The summed E-state index contributed by atoms with van der Waals surface area (Å²) in [5, 5.41) is 4.90. The van der Waals surface area contributed by atoms with Gasteiger partial charge in [-0.1, -0.05) is 67.9 Å². The van der Waals surface area contributed by atoms with Crippen LogP contribution in [-0.4, -0.2) is 54.6 Å². The third-order valence-corrected chi connectivity index (χ3v) is 5.56. The molecule has 0 aromatic heterocycles. The van der Waals surface area contributed by atoms with Gasteiger partial charge in [-0.3, -0.25) is 14.6 Å². The number of halogens is 1. The molecule has 0 radical (unpaired) electrons. The largest absolute Gasteiger partial charge is 0.296 e. The molecular formula is C23H29ClN4O. The van der Waals surface area contributed by atoms with Crippen LogP contribution in [0.2, 0.25) is 5.02 Å². The van der Waals surface area contributed by atoms with Crippen LogP contribution in [0.5, 0.6) is 0 Å². The molecule has 0 atom stereocenters. The summed E-state index contributed by atoms with van der Waals surface area (Å²) in [4.78, 5) is 16.7. The fourth-order valence-electron chi connectivity index (χ4n) is 3.36. The van der Waals surface area contributed by atoms with Crippen LogP contribution in [0.1, 0.15) is 36.5 Å². The number of piperazine rings is 1. The van der Waals surface area contributed by atoms with Gasteiger partial charge in [-0.2, -0.15) is 5.10 Å². The summed E-state index contributed by atoms with van der Waals surface area (Å²) in [5.41, 5.74) is 6.05. The lowest BCUT2D eigenvalue weighted by Crippen LogP contribution is -2.48. The summed E-state index contributed by atoms with van der Waals surface area (Å²) in [6.45, 7) is 9.10. The van der Waals surface area contributed by atoms with E-state index in [1.807, 2.05) is 30.3 Å². The lowest BCUT2D eigenvalue weighted by Gasteiger charge is -2.34. The molecule has 1 N–H and O–H groups in total. The van der Waals surface area contributed by atoms with Gasteiger partial charge in [0.2, 0.25) is 0 Å². The highest BCUT2D eigenvalue weighted by Crippen LogP contribution is 2.18. The highest BCUT2D eigenvalue weighted by Gasteiger charge is 2.19. The van der Waals surface area contributed by atoms with Gasteiger partial charge in [-0.15, -0.1) is 0 Å². The van der Waals surface area contributed by atoms with Crippen LogP contribution in [0, 0.1) is 0 Å². The van der Waals surface area contributed by atoms with E-state index in [9.17, 15) is 4.79 Å². The van der Waals surface area contributed by atoms with Gasteiger partial charge >= 0.3 is 0 Å². The van der Waals surface area contributed by atoms with Crippen LogP contribution >= 0.6 is 11.6 Å². The van der Waals surface area contributed by atoms with Crippen molar-refractivity contribution in [2.75, 3.05) is 32.7 Å². The minimum atomic E-state index is -0.0837. The SMILES string of the molecule is CC(C)c1ccc(/C=N/NC(=O)CN2CCN(Cc3ccccc3Cl)CC2)cc1. The minimum Gasteiger partial charge on any atom is -0.296 e. The number of amides is 1. The van der Waals surface area contributed by atoms with E-state index in [0.29, 0.717) is 12.5 Å². The van der Waals surface area contributed by atoms with Gasteiger partial charge in [-0.05, 0) is 28.7 Å². The van der Waals surface area contributed by atoms with Crippen molar-refractivity contribution < 1.29 is 4.79 Å². The van der Waals surface area contributed by atoms with Crippen molar-refractivity contribution in [3.63, 3.8) is 0 Å². The Labute approximate surface area is 178 Å². The summed E-state index contributed by atoms with van der Waals surface area (Å²) in [6, 6.07) is 16.2. The number of carbonyl (C=O) groups is 1. The standard InChI is InChI=1S/C23H29ClN4O/c1-18(2)20-9-7-19(8-10-20)15-25-26-23(29)17-28-13-11-27(12-14-28)16-21-5-3-4-6-22(21)24/h3-10,15,18H,11-14,16-17H2,1-2H3,(H,26,29)/b25-15+. The lowest BCUT2D eigenvalue weighted by molar-refractivity contribution is -0.122. The summed E-state index contributed by atoms with van der Waals surface area (Å²) < 4.78 is 0. The van der Waals surface area contributed by atoms with Crippen LogP contribution in [-0.2, 0) is 11.3 Å². The molecule has 6 heteroatoms. The van der Waals surface area contributed by atoms with Gasteiger partial charge < -0.3 is 0 Å². The smallest absolute Gasteiger partial charge is 0.254 e. The van der Waals surface area contributed by atoms with E-state index in [4.69, 9.17) is 11.6 Å². The molecular weight excluding hydrogens is 384 g/mol. The Hall–Kier alpha value is -2.21. The van der Waals surface area contributed by atoms with Crippen molar-refractivity contribution in [2.24, 2.45) is 5.10 Å². The van der Waals surface area contributed by atoms with E-state index < -0.39 is 0 Å². The first kappa shape index (κ1) is 21.5. The molecule has 1 amide bonds. The zero-order valence-corrected chi connectivity index (χ0v) is 17.9. The molecule has 0 aliphatic carbocycles. The highest BCUT2D eigenvalue weighted by molar-refractivity contribution is 6.31. The Bertz CT molecular complexity index is 827. The van der Waals surface area contributed by atoms with Crippen molar-refractivity contribution in [1.29, 1.82) is 0 Å². The van der Waals surface area contributed by atoms with Crippen LogP contribution in [0.25, 0.3) is 0 Å². The molecule has 1 aliphatic rings. The molecule has 1 heterocycles. The Morgan fingerprint density at radius 3 is 2.38 bits per heavy atom. The first-order valence-corrected chi connectivity index (χ1v) is 10.5. The molecule has 2 aromatic carbocycles. The number of nitrogens with one attached hydrogen (secondary N) is 1. The zero-order valence-electron chi connectivity index (χ0n) is 17.1. The molecule has 1 fully saturated rings. The van der Waals surface area contributed by atoms with Crippen LogP contribution in [0.3, 0.4) is 0 Å². The third-order valence-electron chi connectivity index (χ3n) is 5.19. The molecule has 154 valence electrons. The van der Waals surface area contributed by atoms with Crippen molar-refractivity contribution in [2.45, 2.75) is 26.3 Å². The summed E-state index contributed by atoms with van der Waals surface area (Å²) in [5.74, 6) is 0.422. The van der Waals surface area contributed by atoms with Gasteiger partial charge in [0, 0.05) is 37.7 Å². The Kier molecular flexibility index (Phi) is 7.81. The minimum absolute atomic E-state index is 0.0837. The van der Waals surface area contributed by atoms with Gasteiger partial charge in [0.1, 0.15) is 0 Å². The zero-order chi connectivity index (χ0) is 20.6. The Morgan fingerprint density at radius 2 is 1.72 bits per heavy atom. The van der Waals surface area contributed by atoms with E-state index >= 15 is 0 Å². The monoisotopic (exact) mass is 412 g/mol. The van der Waals surface area contributed by atoms with Crippen molar-refractivity contribution >= 4 is 23.7 Å². The van der Waals surface area contributed by atoms with E-state index in [1.54, 1.807) is 6.21 Å². The number of carbonyl (C=O) groups excluding carboxylic acids is 1. The molecule has 1 saturated heterocycles. The maximum Gasteiger partial charge on any atom is 0.254 e. The van der Waals surface area contributed by atoms with Crippen molar-refractivity contribution in [3.8, 4) is 0 Å². The predicted octanol–water partition coefficient (Wildman–Crippen LogP) is 3.73. The van der Waals surface area contributed by atoms with E-state index in [1.165, 1.54) is 5.56 Å². The molecule has 2 aromatic rings. The van der Waals surface area contributed by atoms with Gasteiger partial charge in [0.25, 0.3) is 5.91 Å². The van der Waals surface area contributed by atoms with Crippen molar-refractivity contribution in [3.05, 3.63) is 70.2 Å². The second-order valence-corrected chi connectivity index (χ2v) is 8.17. The fraction of sp³-hybridized carbons (Fsp3) is 0.391. The Balaban J connectivity index is 1.39. The van der Waals surface area contributed by atoms with Crippen LogP contribution < -0.4 is 5.43 Å². The van der Waals surface area contributed by atoms with Gasteiger partial charge in [0.05, 0.1) is 12.8 Å². The number of benzene rings is 2. The second-order valence-electron chi connectivity index (χ2n) is 7.76. The quantitative estimate of drug-likeness (QED) is 0.556. The number of nitrogens with zero attached hydrogens (tertiary/aromatic N) is 3. The molecule has 1 aliphatic heterocycles. The van der Waals surface area contributed by atoms with Crippen molar-refractivity contribution in [1.82, 2.24) is 15.2 Å². The highest BCUT2D eigenvalue weighted by atomic mass is 35.5. The lowest BCUT2D eigenvalue weighted by atomic mass is 10.0. The predicted molar refractivity (Wildman–Crippen MR) is 119 cm³/mol. The first-order chi connectivity index (χ1) is 14.0. The first-order valence-electron chi connectivity index (χ1n) is 10.1. The molecule has 0 spiro atoms. The van der Waals surface area contributed by atoms with Gasteiger partial charge in [0.15, 0.2) is 0 Å². The number of rotatable bonds is 7. The van der Waals surface area contributed by atoms with Crippen LogP contribution in [0.15, 0.2) is 53.6 Å². The maximum absolute atomic E-state index is 12.2. The summed E-state index contributed by atoms with van der Waals surface area (Å²) >= 11 is 6.25. The number of hydrogen-bond acceptors (Lipinski definition) is 4. The average Bonchev–Trinajstić information content (AvgIpc) is 2.71. The normalized spacial score (nSPS) is 15.9. The molecule has 3 rings (SSSR count). The number of hydrogen-bond donors (Lipinski definition) is 1. The van der Waals surface area contributed by atoms with E-state index in [-0.39, 0.29) is 5.91 Å². The molecule has 0 bridgehead atoms. The molecule has 5 nitrogen and oxygen atoms in total. The summed E-state index contributed by atoms with van der Waals surface area (Å²) in [7, 11) is 0. The average molecular weight is 413 g/mol. The maximum atomic E-state index is 12.2. The van der Waals surface area contributed by atoms with Gasteiger partial charge in [-0.25, -0.2) is 5.43 Å². The topological polar surface area (TPSA) is 47.9 Å². The number of hydrazone groups is 1. The van der Waals surface area contributed by atoms with E-state index in [0.717, 1.165) is 48.9 Å². The third kappa shape index (κ3) is 6.67. The molecule has 0 unspecified atom stereocenters. The molecule has 0 saturated carbocycles.